The van der Waals surface area contributed by atoms with Gasteiger partial charge in [-0.3, -0.25) is 4.79 Å². The number of ether oxygens (including phenoxy) is 3. The van der Waals surface area contributed by atoms with Gasteiger partial charge < -0.3 is 30.4 Å². The summed E-state index contributed by atoms with van der Waals surface area (Å²) in [6.45, 7) is 4.64. The second-order valence-electron chi connectivity index (χ2n) is 7.90. The number of nitrogens with one attached hydrogen (secondary N) is 1. The zero-order valence-corrected chi connectivity index (χ0v) is 16.1. The van der Waals surface area contributed by atoms with E-state index in [9.17, 15) is 14.7 Å². The number of carbonyl (C=O) groups excluding carboxylic acids is 2. The quantitative estimate of drug-likeness (QED) is 0.571. The molecule has 1 saturated heterocycles. The Morgan fingerprint density at radius 3 is 2.64 bits per heavy atom. The van der Waals surface area contributed by atoms with Gasteiger partial charge >= 0.3 is 6.09 Å². The lowest BCUT2D eigenvalue weighted by molar-refractivity contribution is -0.185. The Hall–Kier alpha value is -2.39. The minimum atomic E-state index is -1.15. The number of rotatable bonds is 9. The summed E-state index contributed by atoms with van der Waals surface area (Å²) in [5.74, 6) is 0.250. The number of amides is 2. The molecule has 0 radical (unpaired) electrons. The summed E-state index contributed by atoms with van der Waals surface area (Å²) >= 11 is 0. The molecule has 0 unspecified atom stereocenters. The summed E-state index contributed by atoms with van der Waals surface area (Å²) in [6.07, 6.45) is 1.78. The van der Waals surface area contributed by atoms with Crippen molar-refractivity contribution in [3.8, 4) is 11.8 Å². The number of hydrogen-bond donors (Lipinski definition) is 3. The van der Waals surface area contributed by atoms with E-state index in [0.29, 0.717) is 24.5 Å². The predicted octanol–water partition coefficient (Wildman–Crippen LogP) is 1.08. The van der Waals surface area contributed by atoms with E-state index in [2.05, 4.69) is 10.3 Å². The van der Waals surface area contributed by atoms with Gasteiger partial charge in [0, 0.05) is 6.07 Å². The Morgan fingerprint density at radius 1 is 1.39 bits per heavy atom. The fourth-order valence-electron chi connectivity index (χ4n) is 2.86. The standard InChI is InChI=1S/C19H27N3O6/c1-11(2)7-14(16(20)23)21-18(24)28-15-6-5-13(19(25)9-26-10-19)17(22-15)27-8-12-3-4-12/h5-6,11-12,14,25H,3-4,7-10H2,1-2H3,(H2,20,23)(H,21,24)/t14-/m0/s1. The molecule has 1 atom stereocenters. The van der Waals surface area contributed by atoms with Crippen LogP contribution in [0, 0.1) is 11.8 Å². The molecule has 1 saturated carbocycles. The van der Waals surface area contributed by atoms with Crippen molar-refractivity contribution < 1.29 is 28.9 Å². The first-order valence-corrected chi connectivity index (χ1v) is 9.49. The monoisotopic (exact) mass is 393 g/mol. The normalized spacial score (nSPS) is 18.9. The first-order valence-electron chi connectivity index (χ1n) is 9.49. The molecule has 0 aromatic carbocycles. The SMILES string of the molecule is CC(C)C[C@H](NC(=O)Oc1ccc(C2(O)COC2)c(OCC2CC2)n1)C(N)=O. The maximum Gasteiger partial charge on any atom is 0.414 e. The molecule has 1 aromatic heterocycles. The van der Waals surface area contributed by atoms with Gasteiger partial charge in [-0.15, -0.1) is 0 Å². The van der Waals surface area contributed by atoms with E-state index in [1.54, 1.807) is 6.07 Å². The van der Waals surface area contributed by atoms with Gasteiger partial charge in [0.15, 0.2) is 0 Å². The molecule has 2 fully saturated rings. The summed E-state index contributed by atoms with van der Waals surface area (Å²) in [6, 6.07) is 2.25. The summed E-state index contributed by atoms with van der Waals surface area (Å²) in [7, 11) is 0. The van der Waals surface area contributed by atoms with Crippen LogP contribution in [0.1, 0.15) is 38.7 Å². The molecule has 2 heterocycles. The van der Waals surface area contributed by atoms with Gasteiger partial charge in [0.1, 0.15) is 11.6 Å². The van der Waals surface area contributed by atoms with E-state index in [4.69, 9.17) is 19.9 Å². The molecular weight excluding hydrogens is 366 g/mol. The largest absolute Gasteiger partial charge is 0.477 e. The number of hydrogen-bond acceptors (Lipinski definition) is 7. The minimum Gasteiger partial charge on any atom is -0.477 e. The average Bonchev–Trinajstić information content (AvgIpc) is 3.41. The fraction of sp³-hybridized carbons (Fsp3) is 0.632. The predicted molar refractivity (Wildman–Crippen MR) is 98.8 cm³/mol. The second kappa shape index (κ2) is 8.32. The number of nitrogens with two attached hydrogens (primary N) is 1. The highest BCUT2D eigenvalue weighted by Crippen LogP contribution is 2.37. The number of nitrogens with zero attached hydrogens (tertiary/aromatic N) is 1. The van der Waals surface area contributed by atoms with Crippen molar-refractivity contribution in [2.45, 2.75) is 44.8 Å². The lowest BCUT2D eigenvalue weighted by Crippen LogP contribution is -2.47. The molecule has 1 aliphatic heterocycles. The highest BCUT2D eigenvalue weighted by Gasteiger charge is 2.41. The third-order valence-electron chi connectivity index (χ3n) is 4.71. The molecule has 2 aliphatic rings. The van der Waals surface area contributed by atoms with Crippen molar-refractivity contribution in [1.29, 1.82) is 0 Å². The Kier molecular flexibility index (Phi) is 6.04. The van der Waals surface area contributed by atoms with Crippen molar-refractivity contribution >= 4 is 12.0 Å². The summed E-state index contributed by atoms with van der Waals surface area (Å²) < 4.78 is 16.1. The van der Waals surface area contributed by atoms with Gasteiger partial charge in [0.2, 0.25) is 17.7 Å². The highest BCUT2D eigenvalue weighted by molar-refractivity contribution is 5.84. The van der Waals surface area contributed by atoms with Gasteiger partial charge in [-0.05, 0) is 37.2 Å². The van der Waals surface area contributed by atoms with Crippen LogP contribution in [0.2, 0.25) is 0 Å². The molecule has 4 N–H and O–H groups in total. The Balaban J connectivity index is 1.69. The maximum absolute atomic E-state index is 12.2. The molecule has 1 aliphatic carbocycles. The zero-order valence-electron chi connectivity index (χ0n) is 16.1. The minimum absolute atomic E-state index is 0.00339. The van der Waals surface area contributed by atoms with E-state index in [1.807, 2.05) is 13.8 Å². The molecule has 28 heavy (non-hydrogen) atoms. The molecular formula is C19H27N3O6. The van der Waals surface area contributed by atoms with E-state index in [0.717, 1.165) is 12.8 Å². The highest BCUT2D eigenvalue weighted by atomic mass is 16.6. The van der Waals surface area contributed by atoms with Crippen molar-refractivity contribution in [2.24, 2.45) is 17.6 Å². The van der Waals surface area contributed by atoms with Crippen molar-refractivity contribution in [3.05, 3.63) is 17.7 Å². The van der Waals surface area contributed by atoms with Gasteiger partial charge in [0.05, 0.1) is 25.4 Å². The lowest BCUT2D eigenvalue weighted by Gasteiger charge is -2.37. The number of aliphatic hydroxyl groups is 1. The molecule has 9 heteroatoms. The number of primary amides is 1. The third kappa shape index (κ3) is 5.11. The molecule has 3 rings (SSSR count). The topological polar surface area (TPSA) is 133 Å². The van der Waals surface area contributed by atoms with Gasteiger partial charge in [-0.2, -0.15) is 4.98 Å². The van der Waals surface area contributed by atoms with Crippen LogP contribution < -0.4 is 20.5 Å². The lowest BCUT2D eigenvalue weighted by atomic mass is 9.93. The molecule has 0 spiro atoms. The second-order valence-corrected chi connectivity index (χ2v) is 7.90. The van der Waals surface area contributed by atoms with Crippen LogP contribution in [0.5, 0.6) is 11.8 Å². The molecule has 1 aromatic rings. The van der Waals surface area contributed by atoms with Crippen molar-refractivity contribution in [2.75, 3.05) is 19.8 Å². The smallest absolute Gasteiger partial charge is 0.414 e. The maximum atomic E-state index is 12.2. The van der Waals surface area contributed by atoms with E-state index in [-0.39, 0.29) is 30.9 Å². The number of carbonyl (C=O) groups is 2. The number of pyridine rings is 1. The third-order valence-corrected chi connectivity index (χ3v) is 4.71. The average molecular weight is 393 g/mol. The Bertz CT molecular complexity index is 730. The summed E-state index contributed by atoms with van der Waals surface area (Å²) in [5, 5.41) is 13.0. The van der Waals surface area contributed by atoms with Crippen LogP contribution in [0.15, 0.2) is 12.1 Å². The molecule has 0 bridgehead atoms. The van der Waals surface area contributed by atoms with Gasteiger partial charge in [0.25, 0.3) is 0 Å². The van der Waals surface area contributed by atoms with Gasteiger partial charge in [-0.25, -0.2) is 4.79 Å². The van der Waals surface area contributed by atoms with Crippen LogP contribution in [0.25, 0.3) is 0 Å². The van der Waals surface area contributed by atoms with Crippen LogP contribution in [-0.4, -0.2) is 48.0 Å². The Labute approximate surface area is 163 Å². The first kappa shape index (κ1) is 20.3. The number of aromatic nitrogens is 1. The van der Waals surface area contributed by atoms with Crippen LogP contribution in [-0.2, 0) is 15.1 Å². The van der Waals surface area contributed by atoms with E-state index >= 15 is 0 Å². The van der Waals surface area contributed by atoms with E-state index < -0.39 is 23.6 Å². The molecule has 9 nitrogen and oxygen atoms in total. The summed E-state index contributed by atoms with van der Waals surface area (Å²) in [5.41, 5.74) is 4.68. The van der Waals surface area contributed by atoms with Crippen molar-refractivity contribution in [1.82, 2.24) is 10.3 Å². The van der Waals surface area contributed by atoms with E-state index in [1.165, 1.54) is 6.07 Å². The zero-order chi connectivity index (χ0) is 20.3. The molecule has 154 valence electrons. The van der Waals surface area contributed by atoms with Crippen LogP contribution in [0.3, 0.4) is 0 Å². The van der Waals surface area contributed by atoms with Crippen molar-refractivity contribution in [3.63, 3.8) is 0 Å². The fourth-order valence-corrected chi connectivity index (χ4v) is 2.86. The first-order chi connectivity index (χ1) is 13.3. The summed E-state index contributed by atoms with van der Waals surface area (Å²) in [4.78, 5) is 27.9. The Morgan fingerprint density at radius 2 is 2.11 bits per heavy atom. The van der Waals surface area contributed by atoms with Crippen LogP contribution in [0.4, 0.5) is 4.79 Å². The van der Waals surface area contributed by atoms with Gasteiger partial charge in [-0.1, -0.05) is 13.8 Å². The van der Waals surface area contributed by atoms with Crippen LogP contribution >= 0.6 is 0 Å². The molecule has 2 amide bonds.